The monoisotopic (exact) mass is 305 g/mol. The van der Waals surface area contributed by atoms with E-state index in [1.54, 1.807) is 0 Å². The van der Waals surface area contributed by atoms with Crippen LogP contribution in [0.3, 0.4) is 0 Å². The van der Waals surface area contributed by atoms with Gasteiger partial charge in [0.15, 0.2) is 0 Å². The molecule has 0 atom stereocenters. The number of thioether (sulfide) groups is 1. The third-order valence-corrected chi connectivity index (χ3v) is 5.76. The van der Waals surface area contributed by atoms with Crippen LogP contribution in [0.4, 0.5) is 0 Å². The van der Waals surface area contributed by atoms with Gasteiger partial charge in [-0.15, -0.1) is 11.8 Å². The summed E-state index contributed by atoms with van der Waals surface area (Å²) in [6.07, 6.45) is 6.48. The van der Waals surface area contributed by atoms with E-state index in [-0.39, 0.29) is 0 Å². The molecule has 0 saturated carbocycles. The van der Waals surface area contributed by atoms with Crippen molar-refractivity contribution in [2.75, 3.05) is 38.6 Å². The molecule has 0 amide bonds. The first-order valence-corrected chi connectivity index (χ1v) is 9.43. The zero-order valence-corrected chi connectivity index (χ0v) is 13.7. The highest BCUT2D eigenvalue weighted by molar-refractivity contribution is 7.99. The molecule has 0 aliphatic carbocycles. The summed E-state index contributed by atoms with van der Waals surface area (Å²) < 4.78 is 5.44. The highest BCUT2D eigenvalue weighted by Gasteiger charge is 2.15. The molecule has 0 unspecified atom stereocenters. The second kappa shape index (κ2) is 8.21. The minimum Gasteiger partial charge on any atom is -0.381 e. The molecule has 0 radical (unpaired) electrons. The van der Waals surface area contributed by atoms with Crippen LogP contribution >= 0.6 is 11.8 Å². The van der Waals surface area contributed by atoms with E-state index in [1.807, 2.05) is 11.8 Å². The lowest BCUT2D eigenvalue weighted by molar-refractivity contribution is 0.0853. The molecule has 2 aliphatic heterocycles. The van der Waals surface area contributed by atoms with Crippen molar-refractivity contribution in [3.05, 3.63) is 29.8 Å². The van der Waals surface area contributed by atoms with Crippen molar-refractivity contribution >= 4 is 11.8 Å². The Labute approximate surface area is 133 Å². The molecule has 2 nitrogen and oxygen atoms in total. The summed E-state index contributed by atoms with van der Waals surface area (Å²) in [7, 11) is 0. The Bertz CT molecular complexity index is 408. The molecule has 21 heavy (non-hydrogen) atoms. The highest BCUT2D eigenvalue weighted by Crippen LogP contribution is 2.28. The van der Waals surface area contributed by atoms with Crippen LogP contribution in [0, 0.1) is 0 Å². The quantitative estimate of drug-likeness (QED) is 0.578. The molecule has 0 N–H and O–H groups in total. The SMILES string of the molecule is c1cc(C2CCOCC2)ccc1SCCCN1CCCC1. The van der Waals surface area contributed by atoms with Gasteiger partial charge in [0, 0.05) is 18.1 Å². The Morgan fingerprint density at radius 2 is 1.76 bits per heavy atom. The van der Waals surface area contributed by atoms with Crippen LogP contribution in [-0.2, 0) is 4.74 Å². The average molecular weight is 305 g/mol. The number of hydrogen-bond donors (Lipinski definition) is 0. The van der Waals surface area contributed by atoms with Gasteiger partial charge in [0.1, 0.15) is 0 Å². The second-order valence-electron chi connectivity index (χ2n) is 6.21. The normalized spacial score (nSPS) is 21.0. The van der Waals surface area contributed by atoms with Crippen molar-refractivity contribution in [3.8, 4) is 0 Å². The van der Waals surface area contributed by atoms with E-state index in [0.717, 1.165) is 13.2 Å². The molecule has 2 fully saturated rings. The van der Waals surface area contributed by atoms with Crippen molar-refractivity contribution in [3.63, 3.8) is 0 Å². The van der Waals surface area contributed by atoms with E-state index in [4.69, 9.17) is 4.74 Å². The van der Waals surface area contributed by atoms with Crippen LogP contribution < -0.4 is 0 Å². The molecule has 3 heteroatoms. The Kier molecular flexibility index (Phi) is 6.02. The van der Waals surface area contributed by atoms with Crippen molar-refractivity contribution < 1.29 is 4.74 Å². The van der Waals surface area contributed by atoms with Gasteiger partial charge in [0.05, 0.1) is 0 Å². The molecule has 2 saturated heterocycles. The first-order valence-electron chi connectivity index (χ1n) is 8.45. The van der Waals surface area contributed by atoms with Crippen LogP contribution in [0.2, 0.25) is 0 Å². The molecule has 0 aromatic heterocycles. The van der Waals surface area contributed by atoms with Gasteiger partial charge >= 0.3 is 0 Å². The minimum absolute atomic E-state index is 0.716. The smallest absolute Gasteiger partial charge is 0.0471 e. The Balaban J connectivity index is 1.39. The maximum atomic E-state index is 5.44. The Morgan fingerprint density at radius 3 is 2.48 bits per heavy atom. The Hall–Kier alpha value is -0.510. The average Bonchev–Trinajstić information content (AvgIpc) is 3.06. The summed E-state index contributed by atoms with van der Waals surface area (Å²) in [5.74, 6) is 1.96. The topological polar surface area (TPSA) is 12.5 Å². The van der Waals surface area contributed by atoms with E-state index in [9.17, 15) is 0 Å². The van der Waals surface area contributed by atoms with Gasteiger partial charge in [0.25, 0.3) is 0 Å². The molecule has 3 rings (SSSR count). The molecule has 0 spiro atoms. The number of nitrogens with zero attached hydrogens (tertiary/aromatic N) is 1. The van der Waals surface area contributed by atoms with Crippen LogP contribution in [-0.4, -0.2) is 43.5 Å². The summed E-state index contributed by atoms with van der Waals surface area (Å²) in [6.45, 7) is 5.79. The summed E-state index contributed by atoms with van der Waals surface area (Å²) in [5, 5.41) is 0. The summed E-state index contributed by atoms with van der Waals surface area (Å²) in [6, 6.07) is 9.29. The highest BCUT2D eigenvalue weighted by atomic mass is 32.2. The molecule has 1 aromatic carbocycles. The molecule has 116 valence electrons. The summed E-state index contributed by atoms with van der Waals surface area (Å²) in [5.41, 5.74) is 1.50. The van der Waals surface area contributed by atoms with Crippen molar-refractivity contribution in [2.45, 2.75) is 42.9 Å². The molecular formula is C18H27NOS. The molecule has 2 heterocycles. The van der Waals surface area contributed by atoms with Gasteiger partial charge < -0.3 is 9.64 Å². The third-order valence-electron chi connectivity index (χ3n) is 4.66. The molecule has 2 aliphatic rings. The fourth-order valence-corrected chi connectivity index (χ4v) is 4.19. The maximum absolute atomic E-state index is 5.44. The van der Waals surface area contributed by atoms with E-state index in [2.05, 4.69) is 29.2 Å². The number of ether oxygens (including phenoxy) is 1. The number of hydrogen-bond acceptors (Lipinski definition) is 3. The van der Waals surface area contributed by atoms with Crippen molar-refractivity contribution in [1.82, 2.24) is 4.90 Å². The lowest BCUT2D eigenvalue weighted by Gasteiger charge is -2.22. The zero-order valence-electron chi connectivity index (χ0n) is 12.9. The number of likely N-dealkylation sites (tertiary alicyclic amines) is 1. The van der Waals surface area contributed by atoms with Gasteiger partial charge in [0.2, 0.25) is 0 Å². The van der Waals surface area contributed by atoms with Crippen LogP contribution in [0.1, 0.15) is 43.6 Å². The first-order chi connectivity index (χ1) is 10.4. The maximum Gasteiger partial charge on any atom is 0.0471 e. The molecule has 0 bridgehead atoms. The second-order valence-corrected chi connectivity index (χ2v) is 7.37. The fourth-order valence-electron chi connectivity index (χ4n) is 3.35. The minimum atomic E-state index is 0.716. The van der Waals surface area contributed by atoms with Crippen LogP contribution in [0.15, 0.2) is 29.2 Å². The molecule has 1 aromatic rings. The van der Waals surface area contributed by atoms with Gasteiger partial charge in [-0.1, -0.05) is 12.1 Å². The predicted molar refractivity (Wildman–Crippen MR) is 90.3 cm³/mol. The predicted octanol–water partition coefficient (Wildman–Crippen LogP) is 4.16. The summed E-state index contributed by atoms with van der Waals surface area (Å²) >= 11 is 2.01. The van der Waals surface area contributed by atoms with Crippen LogP contribution in [0.25, 0.3) is 0 Å². The van der Waals surface area contributed by atoms with Gasteiger partial charge in [-0.25, -0.2) is 0 Å². The summed E-state index contributed by atoms with van der Waals surface area (Å²) in [4.78, 5) is 4.03. The van der Waals surface area contributed by atoms with E-state index < -0.39 is 0 Å². The third kappa shape index (κ3) is 4.73. The van der Waals surface area contributed by atoms with Gasteiger partial charge in [-0.05, 0) is 81.1 Å². The number of benzene rings is 1. The van der Waals surface area contributed by atoms with E-state index in [1.165, 1.54) is 68.0 Å². The van der Waals surface area contributed by atoms with E-state index >= 15 is 0 Å². The lowest BCUT2D eigenvalue weighted by atomic mass is 9.92. The zero-order chi connectivity index (χ0) is 14.3. The first kappa shape index (κ1) is 15.4. The van der Waals surface area contributed by atoms with Gasteiger partial charge in [-0.2, -0.15) is 0 Å². The Morgan fingerprint density at radius 1 is 1.05 bits per heavy atom. The number of rotatable bonds is 6. The van der Waals surface area contributed by atoms with Crippen molar-refractivity contribution in [1.29, 1.82) is 0 Å². The van der Waals surface area contributed by atoms with Crippen LogP contribution in [0.5, 0.6) is 0 Å². The largest absolute Gasteiger partial charge is 0.381 e. The van der Waals surface area contributed by atoms with E-state index in [0.29, 0.717) is 5.92 Å². The molecular weight excluding hydrogens is 278 g/mol. The van der Waals surface area contributed by atoms with Crippen molar-refractivity contribution in [2.24, 2.45) is 0 Å². The standard InChI is InChI=1S/C18H27NOS/c1-2-11-19(10-1)12-3-15-21-18-6-4-16(5-7-18)17-8-13-20-14-9-17/h4-7,17H,1-3,8-15H2. The fraction of sp³-hybridized carbons (Fsp3) is 0.667. The van der Waals surface area contributed by atoms with Gasteiger partial charge in [-0.3, -0.25) is 0 Å². The lowest BCUT2D eigenvalue weighted by Crippen LogP contribution is -2.20.